The summed E-state index contributed by atoms with van der Waals surface area (Å²) < 4.78 is 0. The predicted molar refractivity (Wildman–Crippen MR) is 89.5 cm³/mol. The molecule has 0 aromatic carbocycles. The van der Waals surface area contributed by atoms with Gasteiger partial charge in [0.05, 0.1) is 6.54 Å². The monoisotopic (exact) mass is 350 g/mol. The lowest BCUT2D eigenvalue weighted by Gasteiger charge is -2.25. The van der Waals surface area contributed by atoms with Crippen LogP contribution in [-0.4, -0.2) is 65.3 Å². The second kappa shape index (κ2) is 7.01. The average Bonchev–Trinajstić information content (AvgIpc) is 3.35. The van der Waals surface area contributed by atoms with E-state index in [2.05, 4.69) is 10.6 Å². The third-order valence-electron chi connectivity index (χ3n) is 5.25. The van der Waals surface area contributed by atoms with E-state index in [0.29, 0.717) is 12.8 Å². The summed E-state index contributed by atoms with van der Waals surface area (Å²) >= 11 is 0. The molecule has 0 aromatic rings. The number of imide groups is 1. The van der Waals surface area contributed by atoms with Gasteiger partial charge in [0.1, 0.15) is 12.1 Å². The molecule has 0 radical (unpaired) electrons. The third-order valence-corrected chi connectivity index (χ3v) is 5.25. The van der Waals surface area contributed by atoms with Gasteiger partial charge in [-0.1, -0.05) is 25.7 Å². The van der Waals surface area contributed by atoms with Crippen LogP contribution in [0.5, 0.6) is 0 Å². The molecule has 25 heavy (non-hydrogen) atoms. The predicted octanol–water partition coefficient (Wildman–Crippen LogP) is 0.368. The second-order valence-corrected chi connectivity index (χ2v) is 7.41. The Morgan fingerprint density at radius 1 is 1.20 bits per heavy atom. The maximum atomic E-state index is 12.8. The molecule has 3 rings (SSSR count). The first-order chi connectivity index (χ1) is 11.9. The molecule has 2 saturated carbocycles. The molecule has 1 saturated heterocycles. The van der Waals surface area contributed by atoms with Crippen molar-refractivity contribution in [2.75, 3.05) is 20.1 Å². The van der Waals surface area contributed by atoms with Crippen LogP contribution in [0.25, 0.3) is 0 Å². The summed E-state index contributed by atoms with van der Waals surface area (Å²) in [7, 11) is 1.51. The van der Waals surface area contributed by atoms with Gasteiger partial charge in [-0.15, -0.1) is 0 Å². The van der Waals surface area contributed by atoms with Crippen molar-refractivity contribution in [1.82, 2.24) is 20.4 Å². The number of nitrogens with zero attached hydrogens (tertiary/aromatic N) is 2. The molecule has 8 heteroatoms. The van der Waals surface area contributed by atoms with Gasteiger partial charge in [-0.3, -0.25) is 19.3 Å². The molecule has 0 unspecified atom stereocenters. The molecule has 0 aromatic heterocycles. The molecule has 1 spiro atoms. The summed E-state index contributed by atoms with van der Waals surface area (Å²) in [5.74, 6) is -0.931. The van der Waals surface area contributed by atoms with Crippen molar-refractivity contribution in [1.29, 1.82) is 0 Å². The minimum Gasteiger partial charge on any atom is -0.352 e. The average molecular weight is 350 g/mol. The van der Waals surface area contributed by atoms with E-state index in [1.807, 2.05) is 0 Å². The molecule has 138 valence electrons. The molecule has 5 amide bonds. The van der Waals surface area contributed by atoms with Crippen molar-refractivity contribution in [2.45, 2.75) is 62.9 Å². The fraction of sp³-hybridized carbons (Fsp3) is 0.765. The van der Waals surface area contributed by atoms with Crippen molar-refractivity contribution in [3.05, 3.63) is 0 Å². The van der Waals surface area contributed by atoms with E-state index in [1.54, 1.807) is 0 Å². The third kappa shape index (κ3) is 3.93. The summed E-state index contributed by atoms with van der Waals surface area (Å²) in [6, 6.07) is -0.270. The van der Waals surface area contributed by atoms with Crippen molar-refractivity contribution in [2.24, 2.45) is 0 Å². The molecule has 3 aliphatic rings. The fourth-order valence-electron chi connectivity index (χ4n) is 3.55. The van der Waals surface area contributed by atoms with E-state index in [9.17, 15) is 19.2 Å². The highest BCUT2D eigenvalue weighted by atomic mass is 16.2. The van der Waals surface area contributed by atoms with Gasteiger partial charge in [0.2, 0.25) is 11.8 Å². The zero-order chi connectivity index (χ0) is 18.0. The van der Waals surface area contributed by atoms with Gasteiger partial charge in [0.15, 0.2) is 0 Å². The van der Waals surface area contributed by atoms with Crippen LogP contribution in [0, 0.1) is 0 Å². The van der Waals surface area contributed by atoms with Gasteiger partial charge >= 0.3 is 6.03 Å². The smallest absolute Gasteiger partial charge is 0.325 e. The summed E-state index contributed by atoms with van der Waals surface area (Å²) in [5.41, 5.74) is -0.838. The quantitative estimate of drug-likeness (QED) is 0.700. The minimum atomic E-state index is -0.838. The van der Waals surface area contributed by atoms with Crippen molar-refractivity contribution < 1.29 is 19.2 Å². The number of carbonyl (C=O) groups excluding carboxylic acids is 4. The van der Waals surface area contributed by atoms with Crippen LogP contribution in [-0.2, 0) is 14.4 Å². The van der Waals surface area contributed by atoms with Crippen LogP contribution in [0.15, 0.2) is 0 Å². The van der Waals surface area contributed by atoms with E-state index in [4.69, 9.17) is 0 Å². The fourth-order valence-corrected chi connectivity index (χ4v) is 3.55. The van der Waals surface area contributed by atoms with Crippen LogP contribution in [0.2, 0.25) is 0 Å². The Hall–Kier alpha value is -2.12. The second-order valence-electron chi connectivity index (χ2n) is 7.41. The van der Waals surface area contributed by atoms with Gasteiger partial charge in [0.25, 0.3) is 5.91 Å². The largest absolute Gasteiger partial charge is 0.352 e. The van der Waals surface area contributed by atoms with Crippen LogP contribution < -0.4 is 10.6 Å². The summed E-state index contributed by atoms with van der Waals surface area (Å²) in [5, 5.41) is 5.63. The Morgan fingerprint density at radius 3 is 2.44 bits per heavy atom. The zero-order valence-corrected chi connectivity index (χ0v) is 14.7. The summed E-state index contributed by atoms with van der Waals surface area (Å²) in [6.45, 7) is -0.385. The number of nitrogens with one attached hydrogen (secondary N) is 2. The molecule has 1 aliphatic heterocycles. The van der Waals surface area contributed by atoms with Gasteiger partial charge in [-0.05, 0) is 25.7 Å². The number of likely N-dealkylation sites (N-methyl/N-ethyl adjacent to an activating group) is 1. The number of carbonyl (C=O) groups is 4. The van der Waals surface area contributed by atoms with Crippen LogP contribution >= 0.6 is 0 Å². The van der Waals surface area contributed by atoms with Gasteiger partial charge < -0.3 is 15.5 Å². The van der Waals surface area contributed by atoms with Crippen molar-refractivity contribution >= 4 is 23.8 Å². The Balaban J connectivity index is 1.57. The Bertz CT molecular complexity index is 579. The lowest BCUT2D eigenvalue weighted by atomic mass is 9.90. The van der Waals surface area contributed by atoms with Gasteiger partial charge in [-0.2, -0.15) is 0 Å². The molecular formula is C17H26N4O4. The van der Waals surface area contributed by atoms with Crippen molar-refractivity contribution in [3.8, 4) is 0 Å². The van der Waals surface area contributed by atoms with Crippen LogP contribution in [0.1, 0.15) is 51.4 Å². The normalized spacial score (nSPS) is 22.5. The van der Waals surface area contributed by atoms with E-state index in [-0.39, 0.29) is 30.9 Å². The highest BCUT2D eigenvalue weighted by molar-refractivity contribution is 6.09. The number of amides is 5. The molecule has 0 atom stereocenters. The van der Waals surface area contributed by atoms with Crippen LogP contribution in [0.4, 0.5) is 4.79 Å². The molecule has 3 fully saturated rings. The summed E-state index contributed by atoms with van der Waals surface area (Å²) in [6.07, 6.45) is 7.13. The first-order valence-electron chi connectivity index (χ1n) is 9.09. The lowest BCUT2D eigenvalue weighted by molar-refractivity contribution is -0.140. The first-order valence-corrected chi connectivity index (χ1v) is 9.09. The Kier molecular flexibility index (Phi) is 4.96. The topological polar surface area (TPSA) is 98.8 Å². The zero-order valence-electron chi connectivity index (χ0n) is 14.7. The van der Waals surface area contributed by atoms with Crippen LogP contribution in [0.3, 0.4) is 0 Å². The standard InChI is InChI=1S/C17H26N4O4/c1-20(10-13(22)18-12-6-7-12)14(23)11-21-15(24)17(19-16(21)25)8-4-2-3-5-9-17/h12H,2-11H2,1H3,(H,18,22)(H,19,25). The molecule has 2 N–H and O–H groups in total. The molecular weight excluding hydrogens is 324 g/mol. The number of hydrogen-bond donors (Lipinski definition) is 2. The van der Waals surface area contributed by atoms with Crippen molar-refractivity contribution in [3.63, 3.8) is 0 Å². The van der Waals surface area contributed by atoms with E-state index in [1.165, 1.54) is 11.9 Å². The Labute approximate surface area is 147 Å². The minimum absolute atomic E-state index is 0.0654. The Morgan fingerprint density at radius 2 is 1.84 bits per heavy atom. The molecule has 0 bridgehead atoms. The highest BCUT2D eigenvalue weighted by Gasteiger charge is 2.51. The number of urea groups is 1. The van der Waals surface area contributed by atoms with Gasteiger partial charge in [0, 0.05) is 13.1 Å². The van der Waals surface area contributed by atoms with E-state index < -0.39 is 17.5 Å². The highest BCUT2D eigenvalue weighted by Crippen LogP contribution is 2.32. The van der Waals surface area contributed by atoms with E-state index >= 15 is 0 Å². The van der Waals surface area contributed by atoms with Gasteiger partial charge in [-0.25, -0.2) is 4.79 Å². The maximum Gasteiger partial charge on any atom is 0.325 e. The lowest BCUT2D eigenvalue weighted by Crippen LogP contribution is -2.48. The first kappa shape index (κ1) is 17.7. The molecule has 1 heterocycles. The molecule has 8 nitrogen and oxygen atoms in total. The molecule has 2 aliphatic carbocycles. The SMILES string of the molecule is CN(CC(=O)NC1CC1)C(=O)CN1C(=O)NC2(CCCCCC2)C1=O. The van der Waals surface area contributed by atoms with E-state index in [0.717, 1.165) is 43.4 Å². The number of rotatable bonds is 5. The number of hydrogen-bond acceptors (Lipinski definition) is 4. The summed E-state index contributed by atoms with van der Waals surface area (Å²) in [4.78, 5) is 51.4. The maximum absolute atomic E-state index is 12.8.